The Balaban J connectivity index is 2.04. The summed E-state index contributed by atoms with van der Waals surface area (Å²) in [5.74, 6) is 8.60. The molecule has 1 unspecified atom stereocenters. The highest BCUT2D eigenvalue weighted by Crippen LogP contribution is 2.41. The molecule has 102 valence electrons. The Hall–Kier alpha value is -0.560. The van der Waals surface area contributed by atoms with E-state index in [0.29, 0.717) is 11.6 Å². The van der Waals surface area contributed by atoms with E-state index in [9.17, 15) is 0 Å². The molecule has 18 heavy (non-hydrogen) atoms. The minimum Gasteiger partial charge on any atom is -0.296 e. The molecule has 0 spiro atoms. The van der Waals surface area contributed by atoms with Gasteiger partial charge in [-0.15, -0.1) is 12.3 Å². The molecule has 0 bridgehead atoms. The van der Waals surface area contributed by atoms with Crippen molar-refractivity contribution < 1.29 is 0 Å². The minimum absolute atomic E-state index is 0.319. The van der Waals surface area contributed by atoms with Crippen molar-refractivity contribution in [3.63, 3.8) is 0 Å². The number of hydrogen-bond donors (Lipinski definition) is 2. The van der Waals surface area contributed by atoms with Gasteiger partial charge in [-0.3, -0.25) is 16.2 Å². The Morgan fingerprint density at radius 2 is 1.89 bits per heavy atom. The van der Waals surface area contributed by atoms with Gasteiger partial charge in [-0.25, -0.2) is 0 Å². The van der Waals surface area contributed by atoms with Gasteiger partial charge in [0.2, 0.25) is 0 Å². The van der Waals surface area contributed by atoms with Gasteiger partial charge in [0.15, 0.2) is 0 Å². The van der Waals surface area contributed by atoms with Gasteiger partial charge in [0, 0.05) is 18.0 Å². The van der Waals surface area contributed by atoms with Gasteiger partial charge in [0.1, 0.15) is 0 Å². The number of nitrogens with two attached hydrogens (primary N) is 1. The van der Waals surface area contributed by atoms with E-state index in [1.807, 2.05) is 0 Å². The van der Waals surface area contributed by atoms with Crippen molar-refractivity contribution in [2.45, 2.75) is 69.4 Å². The van der Waals surface area contributed by atoms with Crippen molar-refractivity contribution in [2.75, 3.05) is 13.1 Å². The first-order valence-corrected chi connectivity index (χ1v) is 7.48. The van der Waals surface area contributed by atoms with Gasteiger partial charge in [0.25, 0.3) is 0 Å². The summed E-state index contributed by atoms with van der Waals surface area (Å²) in [6, 6.07) is 0.409. The van der Waals surface area contributed by atoms with Gasteiger partial charge in [-0.1, -0.05) is 12.8 Å². The first-order valence-electron chi connectivity index (χ1n) is 7.48. The second kappa shape index (κ2) is 6.56. The topological polar surface area (TPSA) is 41.3 Å². The van der Waals surface area contributed by atoms with Crippen LogP contribution in [-0.2, 0) is 0 Å². The van der Waals surface area contributed by atoms with Crippen LogP contribution in [0.4, 0.5) is 0 Å². The number of hydrazine groups is 1. The summed E-state index contributed by atoms with van der Waals surface area (Å²) in [6.07, 6.45) is 16.4. The van der Waals surface area contributed by atoms with E-state index < -0.39 is 0 Å². The van der Waals surface area contributed by atoms with Crippen LogP contribution in [0.2, 0.25) is 0 Å². The van der Waals surface area contributed by atoms with Gasteiger partial charge in [-0.05, 0) is 51.6 Å². The summed E-state index contributed by atoms with van der Waals surface area (Å²) in [5.41, 5.74) is 3.43. The zero-order chi connectivity index (χ0) is 12.8. The van der Waals surface area contributed by atoms with E-state index in [1.54, 1.807) is 0 Å². The molecular weight excluding hydrogens is 222 g/mol. The monoisotopic (exact) mass is 249 g/mol. The molecule has 2 rings (SSSR count). The lowest BCUT2D eigenvalue weighted by atomic mass is 9.83. The van der Waals surface area contributed by atoms with Crippen molar-refractivity contribution in [3.8, 4) is 12.3 Å². The highest BCUT2D eigenvalue weighted by atomic mass is 15.3. The number of unbranched alkanes of at least 4 members (excludes halogenated alkanes) is 1. The maximum absolute atomic E-state index is 5.86. The summed E-state index contributed by atoms with van der Waals surface area (Å²) < 4.78 is 0. The van der Waals surface area contributed by atoms with Gasteiger partial charge in [0.05, 0.1) is 0 Å². The molecule has 3 nitrogen and oxygen atoms in total. The highest BCUT2D eigenvalue weighted by molar-refractivity contribution is 5.04. The predicted octanol–water partition coefficient (Wildman–Crippen LogP) is 2.03. The van der Waals surface area contributed by atoms with E-state index in [1.165, 1.54) is 51.6 Å². The van der Waals surface area contributed by atoms with E-state index >= 15 is 0 Å². The normalized spacial score (nSPS) is 25.1. The van der Waals surface area contributed by atoms with Gasteiger partial charge in [-0.2, -0.15) is 0 Å². The number of nitrogens with zero attached hydrogens (tertiary/aromatic N) is 1. The van der Waals surface area contributed by atoms with Crippen LogP contribution in [0.25, 0.3) is 0 Å². The lowest BCUT2D eigenvalue weighted by molar-refractivity contribution is 0.0722. The van der Waals surface area contributed by atoms with Gasteiger partial charge >= 0.3 is 0 Å². The number of terminal acetylenes is 1. The van der Waals surface area contributed by atoms with Crippen LogP contribution in [0.15, 0.2) is 0 Å². The molecule has 1 aliphatic heterocycles. The SMILES string of the molecule is C#CCCCC(NN)C1(N2CCCC2)CCCC1. The average Bonchev–Trinajstić information content (AvgIpc) is 3.05. The smallest absolute Gasteiger partial charge is 0.0395 e. The summed E-state index contributed by atoms with van der Waals surface area (Å²) >= 11 is 0. The molecule has 0 aromatic heterocycles. The van der Waals surface area contributed by atoms with Crippen LogP contribution < -0.4 is 11.3 Å². The molecule has 1 atom stereocenters. The van der Waals surface area contributed by atoms with Crippen molar-refractivity contribution in [1.29, 1.82) is 0 Å². The molecule has 1 heterocycles. The Morgan fingerprint density at radius 1 is 1.22 bits per heavy atom. The second-order valence-corrected chi connectivity index (χ2v) is 5.82. The molecule has 2 fully saturated rings. The fourth-order valence-corrected chi connectivity index (χ4v) is 3.95. The van der Waals surface area contributed by atoms with E-state index in [0.717, 1.165) is 19.3 Å². The zero-order valence-electron chi connectivity index (χ0n) is 11.5. The number of nitrogens with one attached hydrogen (secondary N) is 1. The Labute approximate surface area is 111 Å². The third-order valence-corrected chi connectivity index (χ3v) is 4.87. The summed E-state index contributed by atoms with van der Waals surface area (Å²) in [4.78, 5) is 2.71. The summed E-state index contributed by atoms with van der Waals surface area (Å²) in [5, 5.41) is 0. The Bertz CT molecular complexity index is 283. The molecule has 0 amide bonds. The van der Waals surface area contributed by atoms with Crippen molar-refractivity contribution in [2.24, 2.45) is 5.84 Å². The summed E-state index contributed by atoms with van der Waals surface area (Å²) in [6.45, 7) is 2.51. The molecular formula is C15H27N3. The fourth-order valence-electron chi connectivity index (χ4n) is 3.95. The van der Waals surface area contributed by atoms with Crippen LogP contribution >= 0.6 is 0 Å². The molecule has 1 saturated carbocycles. The number of hydrogen-bond acceptors (Lipinski definition) is 3. The molecule has 2 aliphatic rings. The minimum atomic E-state index is 0.319. The molecule has 1 saturated heterocycles. The maximum Gasteiger partial charge on any atom is 0.0395 e. The molecule has 0 radical (unpaired) electrons. The molecule has 1 aliphatic carbocycles. The number of rotatable bonds is 6. The van der Waals surface area contributed by atoms with Crippen molar-refractivity contribution >= 4 is 0 Å². The predicted molar refractivity (Wildman–Crippen MR) is 75.8 cm³/mol. The van der Waals surface area contributed by atoms with Crippen molar-refractivity contribution in [3.05, 3.63) is 0 Å². The van der Waals surface area contributed by atoms with Crippen LogP contribution in [-0.4, -0.2) is 29.6 Å². The second-order valence-electron chi connectivity index (χ2n) is 5.82. The van der Waals surface area contributed by atoms with Crippen LogP contribution in [0.5, 0.6) is 0 Å². The van der Waals surface area contributed by atoms with E-state index in [4.69, 9.17) is 12.3 Å². The Morgan fingerprint density at radius 3 is 2.44 bits per heavy atom. The zero-order valence-corrected chi connectivity index (χ0v) is 11.5. The quantitative estimate of drug-likeness (QED) is 0.327. The average molecular weight is 249 g/mol. The van der Waals surface area contributed by atoms with Crippen LogP contribution in [0, 0.1) is 12.3 Å². The summed E-state index contributed by atoms with van der Waals surface area (Å²) in [7, 11) is 0. The largest absolute Gasteiger partial charge is 0.296 e. The first kappa shape index (κ1) is 13.9. The fraction of sp³-hybridized carbons (Fsp3) is 0.867. The standard InChI is InChI=1S/C15H27N3/c1-2-3-4-9-14(17-16)15(10-5-6-11-15)18-12-7-8-13-18/h1,14,17H,3-13,16H2. The molecule has 3 N–H and O–H groups in total. The molecule has 0 aromatic carbocycles. The van der Waals surface area contributed by atoms with Crippen molar-refractivity contribution in [1.82, 2.24) is 10.3 Å². The third-order valence-electron chi connectivity index (χ3n) is 4.87. The third kappa shape index (κ3) is 2.71. The van der Waals surface area contributed by atoms with Crippen LogP contribution in [0.3, 0.4) is 0 Å². The molecule has 0 aromatic rings. The maximum atomic E-state index is 5.86. The van der Waals surface area contributed by atoms with E-state index in [2.05, 4.69) is 16.2 Å². The molecule has 3 heteroatoms. The van der Waals surface area contributed by atoms with E-state index in [-0.39, 0.29) is 0 Å². The highest BCUT2D eigenvalue weighted by Gasteiger charge is 2.45. The first-order chi connectivity index (χ1) is 8.83. The Kier molecular flexibility index (Phi) is 5.05. The lowest BCUT2D eigenvalue weighted by Crippen LogP contribution is -2.60. The van der Waals surface area contributed by atoms with Crippen LogP contribution in [0.1, 0.15) is 57.8 Å². The number of likely N-dealkylation sites (tertiary alicyclic amines) is 1. The lowest BCUT2D eigenvalue weighted by Gasteiger charge is -2.45. The van der Waals surface area contributed by atoms with Gasteiger partial charge < -0.3 is 0 Å².